The summed E-state index contributed by atoms with van der Waals surface area (Å²) >= 11 is 7.40. The van der Waals surface area contributed by atoms with Crippen molar-refractivity contribution in [2.75, 3.05) is 13.1 Å². The molecule has 5 heteroatoms. The topological polar surface area (TPSA) is 40.5 Å². The molecule has 3 rings (SSSR count). The summed E-state index contributed by atoms with van der Waals surface area (Å²) in [6.07, 6.45) is 1.27. The maximum atomic E-state index is 12.5. The summed E-state index contributed by atoms with van der Waals surface area (Å²) in [6.45, 7) is 3.05. The Morgan fingerprint density at radius 2 is 1.82 bits per heavy atom. The van der Waals surface area contributed by atoms with Gasteiger partial charge in [0.2, 0.25) is 0 Å². The van der Waals surface area contributed by atoms with Crippen LogP contribution in [0.4, 0.5) is 0 Å². The van der Waals surface area contributed by atoms with Gasteiger partial charge in [-0.15, -0.1) is 11.3 Å². The normalized spacial score (nSPS) is 17.5. The van der Waals surface area contributed by atoms with Crippen LogP contribution in [0.1, 0.15) is 29.4 Å². The van der Waals surface area contributed by atoms with E-state index in [0.717, 1.165) is 15.3 Å². The van der Waals surface area contributed by atoms with Crippen molar-refractivity contribution < 1.29 is 9.90 Å². The minimum absolute atomic E-state index is 0.0562. The molecule has 2 aromatic rings. The number of aliphatic hydroxyl groups is 1. The number of thiophene rings is 1. The number of carbonyl (C=O) groups is 1. The maximum Gasteiger partial charge on any atom is 0.263 e. The van der Waals surface area contributed by atoms with Crippen molar-refractivity contribution in [2.24, 2.45) is 0 Å². The van der Waals surface area contributed by atoms with Gasteiger partial charge in [0.15, 0.2) is 0 Å². The number of carbonyl (C=O) groups excluding carboxylic acids is 1. The molecule has 1 aromatic heterocycles. The van der Waals surface area contributed by atoms with Gasteiger partial charge in [-0.05, 0) is 49.6 Å². The van der Waals surface area contributed by atoms with Crippen LogP contribution in [-0.4, -0.2) is 34.6 Å². The Labute approximate surface area is 139 Å². The Bertz CT molecular complexity index is 668. The maximum absolute atomic E-state index is 12.5. The van der Waals surface area contributed by atoms with E-state index in [0.29, 0.717) is 31.0 Å². The van der Waals surface area contributed by atoms with Gasteiger partial charge in [-0.2, -0.15) is 0 Å². The second-order valence-electron chi connectivity index (χ2n) is 5.96. The highest BCUT2D eigenvalue weighted by molar-refractivity contribution is 7.17. The minimum atomic E-state index is -0.638. The molecule has 0 unspecified atom stereocenters. The molecule has 1 aliphatic rings. The second kappa shape index (κ2) is 6.03. The van der Waals surface area contributed by atoms with E-state index < -0.39 is 5.60 Å². The smallest absolute Gasteiger partial charge is 0.263 e. The Morgan fingerprint density at radius 1 is 1.18 bits per heavy atom. The summed E-state index contributed by atoms with van der Waals surface area (Å²) in [5, 5.41) is 10.7. The van der Waals surface area contributed by atoms with Gasteiger partial charge < -0.3 is 10.0 Å². The Hall–Kier alpha value is -1.36. The van der Waals surface area contributed by atoms with Gasteiger partial charge in [-0.25, -0.2) is 0 Å². The zero-order valence-electron chi connectivity index (χ0n) is 12.4. The van der Waals surface area contributed by atoms with E-state index in [1.807, 2.05) is 48.2 Å². The van der Waals surface area contributed by atoms with Crippen LogP contribution in [0.15, 0.2) is 36.4 Å². The zero-order valence-corrected chi connectivity index (χ0v) is 14.0. The van der Waals surface area contributed by atoms with E-state index in [4.69, 9.17) is 11.6 Å². The third-order valence-corrected chi connectivity index (χ3v) is 5.45. The monoisotopic (exact) mass is 335 g/mol. The summed E-state index contributed by atoms with van der Waals surface area (Å²) in [5.74, 6) is 0.0562. The number of hydrogen-bond donors (Lipinski definition) is 1. The number of halogens is 1. The molecular formula is C17H18ClNO2S. The number of likely N-dealkylation sites (tertiary alicyclic amines) is 1. The van der Waals surface area contributed by atoms with E-state index >= 15 is 0 Å². The number of piperidine rings is 1. The van der Waals surface area contributed by atoms with Crippen LogP contribution in [-0.2, 0) is 0 Å². The quantitative estimate of drug-likeness (QED) is 0.899. The summed E-state index contributed by atoms with van der Waals surface area (Å²) < 4.78 is 0. The fraction of sp³-hybridized carbons (Fsp3) is 0.353. The first-order chi connectivity index (χ1) is 10.4. The molecule has 1 N–H and O–H groups in total. The molecule has 1 aliphatic heterocycles. The first-order valence-electron chi connectivity index (χ1n) is 7.32. The number of nitrogens with zero attached hydrogens (tertiary/aromatic N) is 1. The predicted octanol–water partition coefficient (Wildman–Crippen LogP) is 4.06. The largest absolute Gasteiger partial charge is 0.390 e. The first kappa shape index (κ1) is 15.5. The van der Waals surface area contributed by atoms with Gasteiger partial charge in [0, 0.05) is 23.0 Å². The molecule has 3 nitrogen and oxygen atoms in total. The molecule has 0 aliphatic carbocycles. The second-order valence-corrected chi connectivity index (χ2v) is 7.48. The lowest BCUT2D eigenvalue weighted by Crippen LogP contribution is -2.44. The van der Waals surface area contributed by atoms with Gasteiger partial charge in [0.05, 0.1) is 10.5 Å². The number of hydrogen-bond acceptors (Lipinski definition) is 3. The highest BCUT2D eigenvalue weighted by Crippen LogP contribution is 2.31. The van der Waals surface area contributed by atoms with Crippen LogP contribution in [0.2, 0.25) is 5.02 Å². The van der Waals surface area contributed by atoms with E-state index in [2.05, 4.69) is 0 Å². The summed E-state index contributed by atoms with van der Waals surface area (Å²) in [6, 6.07) is 11.5. The van der Waals surface area contributed by atoms with Crippen LogP contribution in [0.25, 0.3) is 10.4 Å². The highest BCUT2D eigenvalue weighted by atomic mass is 35.5. The third kappa shape index (κ3) is 3.35. The molecular weight excluding hydrogens is 318 g/mol. The molecule has 0 bridgehead atoms. The first-order valence-corrected chi connectivity index (χ1v) is 8.51. The molecule has 0 atom stereocenters. The van der Waals surface area contributed by atoms with E-state index in [9.17, 15) is 9.90 Å². The molecule has 1 aromatic carbocycles. The standard InChI is InChI=1S/C17H18ClNO2S/c1-17(21)8-10-19(11-9-17)16(20)15-7-6-14(22-15)12-2-4-13(18)5-3-12/h2-7,21H,8-11H2,1H3. The molecule has 2 heterocycles. The minimum Gasteiger partial charge on any atom is -0.390 e. The average molecular weight is 336 g/mol. The molecule has 0 saturated carbocycles. The van der Waals surface area contributed by atoms with Gasteiger partial charge in [-0.1, -0.05) is 23.7 Å². The highest BCUT2D eigenvalue weighted by Gasteiger charge is 2.30. The van der Waals surface area contributed by atoms with Crippen molar-refractivity contribution in [3.05, 3.63) is 46.3 Å². The van der Waals surface area contributed by atoms with Crippen molar-refractivity contribution in [3.8, 4) is 10.4 Å². The molecule has 0 radical (unpaired) electrons. The van der Waals surface area contributed by atoms with E-state index in [-0.39, 0.29) is 5.91 Å². The fourth-order valence-electron chi connectivity index (χ4n) is 2.57. The van der Waals surface area contributed by atoms with Crippen LogP contribution in [0, 0.1) is 0 Å². The van der Waals surface area contributed by atoms with Crippen LogP contribution >= 0.6 is 22.9 Å². The number of amides is 1. The van der Waals surface area contributed by atoms with Gasteiger partial charge >= 0.3 is 0 Å². The summed E-state index contributed by atoms with van der Waals surface area (Å²) in [4.78, 5) is 16.2. The van der Waals surface area contributed by atoms with Crippen molar-refractivity contribution in [2.45, 2.75) is 25.4 Å². The molecule has 1 fully saturated rings. The van der Waals surface area contributed by atoms with Crippen molar-refractivity contribution in [1.82, 2.24) is 4.90 Å². The van der Waals surface area contributed by atoms with Crippen LogP contribution in [0.3, 0.4) is 0 Å². The van der Waals surface area contributed by atoms with Crippen LogP contribution in [0.5, 0.6) is 0 Å². The SMILES string of the molecule is CC1(O)CCN(C(=O)c2ccc(-c3ccc(Cl)cc3)s2)CC1. The molecule has 1 saturated heterocycles. The van der Waals surface area contributed by atoms with E-state index in [1.54, 1.807) is 0 Å². The third-order valence-electron chi connectivity index (χ3n) is 4.07. The molecule has 22 heavy (non-hydrogen) atoms. The summed E-state index contributed by atoms with van der Waals surface area (Å²) in [5.41, 5.74) is 0.427. The number of rotatable bonds is 2. The Morgan fingerprint density at radius 3 is 2.45 bits per heavy atom. The predicted molar refractivity (Wildman–Crippen MR) is 90.5 cm³/mol. The zero-order chi connectivity index (χ0) is 15.7. The lowest BCUT2D eigenvalue weighted by Gasteiger charge is -2.35. The lowest BCUT2D eigenvalue weighted by molar-refractivity contribution is -0.00188. The molecule has 0 spiro atoms. The molecule has 116 valence electrons. The van der Waals surface area contributed by atoms with Gasteiger partial charge in [0.25, 0.3) is 5.91 Å². The van der Waals surface area contributed by atoms with E-state index in [1.165, 1.54) is 11.3 Å². The fourth-order valence-corrected chi connectivity index (χ4v) is 3.67. The lowest BCUT2D eigenvalue weighted by atomic mass is 9.94. The molecule has 1 amide bonds. The Kier molecular flexibility index (Phi) is 4.26. The van der Waals surface area contributed by atoms with Crippen LogP contribution < -0.4 is 0 Å². The van der Waals surface area contributed by atoms with Gasteiger partial charge in [0.1, 0.15) is 0 Å². The Balaban J connectivity index is 1.73. The number of benzene rings is 1. The van der Waals surface area contributed by atoms with Crippen molar-refractivity contribution >= 4 is 28.8 Å². The van der Waals surface area contributed by atoms with Gasteiger partial charge in [-0.3, -0.25) is 4.79 Å². The summed E-state index contributed by atoms with van der Waals surface area (Å²) in [7, 11) is 0. The average Bonchev–Trinajstić information content (AvgIpc) is 2.97. The van der Waals surface area contributed by atoms with Crippen molar-refractivity contribution in [3.63, 3.8) is 0 Å². The van der Waals surface area contributed by atoms with Crippen molar-refractivity contribution in [1.29, 1.82) is 0 Å².